The second kappa shape index (κ2) is 6.21. The molecule has 2 aromatic heterocycles. The molecule has 4 aromatic rings. The van der Waals surface area contributed by atoms with Crippen molar-refractivity contribution in [1.82, 2.24) is 14.5 Å². The van der Waals surface area contributed by atoms with Gasteiger partial charge in [0.1, 0.15) is 11.3 Å². The van der Waals surface area contributed by atoms with Crippen LogP contribution in [-0.2, 0) is 0 Å². The number of hydrogen-bond acceptors (Lipinski definition) is 3. The Morgan fingerprint density at radius 3 is 2.48 bits per heavy atom. The summed E-state index contributed by atoms with van der Waals surface area (Å²) in [6.07, 6.45) is 1.81. The molecule has 0 unspecified atom stereocenters. The summed E-state index contributed by atoms with van der Waals surface area (Å²) in [5, 5.41) is 0. The first kappa shape index (κ1) is 14.5. The maximum atomic E-state index is 4.85. The van der Waals surface area contributed by atoms with Gasteiger partial charge in [0.25, 0.3) is 0 Å². The van der Waals surface area contributed by atoms with E-state index in [1.54, 1.807) is 10.1 Å². The Bertz CT molecular complexity index is 966. The molecule has 0 fully saturated rings. The molecule has 0 bridgehead atoms. The number of pyridine rings is 1. The summed E-state index contributed by atoms with van der Waals surface area (Å²) in [6, 6.07) is 22.5. The van der Waals surface area contributed by atoms with Crippen LogP contribution >= 0.6 is 10.1 Å². The van der Waals surface area contributed by atoms with E-state index in [0.717, 1.165) is 28.2 Å². The van der Waals surface area contributed by atoms with E-state index < -0.39 is 0 Å². The van der Waals surface area contributed by atoms with Crippen LogP contribution < -0.4 is 0 Å². The van der Waals surface area contributed by atoms with Gasteiger partial charge in [0.15, 0.2) is 5.65 Å². The van der Waals surface area contributed by atoms with Crippen molar-refractivity contribution in [3.63, 3.8) is 0 Å². The van der Waals surface area contributed by atoms with E-state index in [4.69, 9.17) is 4.98 Å². The summed E-state index contributed by atoms with van der Waals surface area (Å²) in [5.74, 6) is 0.912. The number of fused-ring (bicyclic) bond motifs is 1. The fourth-order valence-electron chi connectivity index (χ4n) is 2.67. The topological polar surface area (TPSA) is 30.7 Å². The Morgan fingerprint density at radius 2 is 1.65 bits per heavy atom. The van der Waals surface area contributed by atoms with Crippen LogP contribution in [0.1, 0.15) is 0 Å². The zero-order valence-corrected chi connectivity index (χ0v) is 14.2. The first-order chi connectivity index (χ1) is 11.4. The third kappa shape index (κ3) is 2.57. The van der Waals surface area contributed by atoms with Crippen molar-refractivity contribution in [1.29, 1.82) is 0 Å². The third-order valence-electron chi connectivity index (χ3n) is 3.69. The molecule has 0 spiro atoms. The van der Waals surface area contributed by atoms with E-state index in [1.807, 2.05) is 48.7 Å². The van der Waals surface area contributed by atoms with Crippen LogP contribution in [0.25, 0.3) is 28.2 Å². The lowest BCUT2D eigenvalue weighted by Crippen LogP contribution is -1.99. The highest BCUT2D eigenvalue weighted by molar-refractivity contribution is 8.19. The van der Waals surface area contributed by atoms with E-state index in [1.165, 1.54) is 4.90 Å². The van der Waals surface area contributed by atoms with Crippen LogP contribution in [0.5, 0.6) is 0 Å². The molecule has 4 rings (SSSR count). The van der Waals surface area contributed by atoms with Crippen LogP contribution in [0.3, 0.4) is 0 Å². The van der Waals surface area contributed by atoms with Crippen LogP contribution in [0.2, 0.25) is 0 Å². The Morgan fingerprint density at radius 1 is 0.870 bits per heavy atom. The molecular formula is C18H12AlN3S. The first-order valence-corrected chi connectivity index (χ1v) is 9.53. The van der Waals surface area contributed by atoms with Gasteiger partial charge in [-0.1, -0.05) is 36.4 Å². The van der Waals surface area contributed by atoms with Crippen LogP contribution in [0, 0.1) is 0 Å². The van der Waals surface area contributed by atoms with Crippen molar-refractivity contribution < 1.29 is 0 Å². The number of aromatic nitrogens is 3. The molecule has 0 aliphatic heterocycles. The van der Waals surface area contributed by atoms with Crippen molar-refractivity contribution in [3.05, 3.63) is 72.9 Å². The zero-order chi connectivity index (χ0) is 15.6. The predicted molar refractivity (Wildman–Crippen MR) is 95.9 cm³/mol. The largest absolute Gasteiger partial charge is 0.277 e. The number of imidazole rings is 1. The third-order valence-corrected chi connectivity index (χ3v) is 5.06. The molecule has 2 aromatic carbocycles. The van der Waals surface area contributed by atoms with E-state index in [2.05, 4.69) is 49.0 Å². The molecular weight excluding hydrogens is 317 g/mol. The van der Waals surface area contributed by atoms with Gasteiger partial charge in [-0.05, 0) is 35.2 Å². The molecule has 2 heterocycles. The van der Waals surface area contributed by atoms with Crippen molar-refractivity contribution >= 4 is 36.5 Å². The fourth-order valence-corrected chi connectivity index (χ4v) is 3.73. The Labute approximate surface area is 145 Å². The lowest BCUT2D eigenvalue weighted by Gasteiger charge is -2.11. The van der Waals surface area contributed by atoms with Crippen molar-refractivity contribution in [3.8, 4) is 17.1 Å². The Kier molecular flexibility index (Phi) is 3.92. The van der Waals surface area contributed by atoms with E-state index in [-0.39, 0.29) is 0 Å². The molecule has 5 heteroatoms. The number of para-hydroxylation sites is 1. The molecule has 23 heavy (non-hydrogen) atoms. The second-order valence-electron chi connectivity index (χ2n) is 5.07. The predicted octanol–water partition coefficient (Wildman–Crippen LogP) is 4.26. The second-order valence-corrected chi connectivity index (χ2v) is 6.45. The first-order valence-electron chi connectivity index (χ1n) is 7.23. The molecule has 0 saturated heterocycles. The number of rotatable bonds is 3. The summed E-state index contributed by atoms with van der Waals surface area (Å²) in [6.45, 7) is 0. The van der Waals surface area contributed by atoms with Gasteiger partial charge in [-0.2, -0.15) is 0 Å². The quantitative estimate of drug-likeness (QED) is 0.526. The standard InChI is InChI=1S/C18H13N3S.Al/c22-16-11-5-4-9-14(16)17-20-15-10-6-12-19-18(15)21(17)13-7-2-1-3-8-13;/h1-12,22H;/q;+1/p-1. The molecule has 0 atom stereocenters. The average molecular weight is 329 g/mol. The molecule has 0 saturated carbocycles. The van der Waals surface area contributed by atoms with Crippen LogP contribution in [0.15, 0.2) is 77.8 Å². The molecule has 108 valence electrons. The van der Waals surface area contributed by atoms with Gasteiger partial charge in [0.2, 0.25) is 15.2 Å². The van der Waals surface area contributed by atoms with E-state index in [9.17, 15) is 0 Å². The lowest BCUT2D eigenvalue weighted by molar-refractivity contribution is 1.07. The highest BCUT2D eigenvalue weighted by atomic mass is 32.3. The zero-order valence-electron chi connectivity index (χ0n) is 12.3. The van der Waals surface area contributed by atoms with Gasteiger partial charge in [-0.25, -0.2) is 9.97 Å². The summed E-state index contributed by atoms with van der Waals surface area (Å²) >= 11 is 2.71. The average Bonchev–Trinajstić information content (AvgIpc) is 3.01. The lowest BCUT2D eigenvalue weighted by atomic mass is 10.2. The van der Waals surface area contributed by atoms with Crippen LogP contribution in [0.4, 0.5) is 0 Å². The minimum Gasteiger partial charge on any atom is -0.277 e. The van der Waals surface area contributed by atoms with Gasteiger partial charge in [0.05, 0.1) is 0 Å². The van der Waals surface area contributed by atoms with Crippen LogP contribution in [-0.4, -0.2) is 29.7 Å². The number of benzene rings is 2. The van der Waals surface area contributed by atoms with Gasteiger partial charge >= 0.3 is 0 Å². The minimum absolute atomic E-state index is 0.872. The normalized spacial score (nSPS) is 11.0. The molecule has 0 aliphatic carbocycles. The maximum Gasteiger partial charge on any atom is 0.241 e. The summed E-state index contributed by atoms with van der Waals surface area (Å²) in [5.41, 5.74) is 3.94. The van der Waals surface area contributed by atoms with Crippen molar-refractivity contribution in [2.45, 2.75) is 4.90 Å². The Hall–Kier alpha value is -2.06. The highest BCUT2D eigenvalue weighted by Crippen LogP contribution is 2.33. The summed E-state index contributed by atoms with van der Waals surface area (Å²) in [7, 11) is 1.65. The molecule has 0 amide bonds. The number of hydrogen-bond donors (Lipinski definition) is 0. The molecule has 0 N–H and O–H groups in total. The van der Waals surface area contributed by atoms with Crippen molar-refractivity contribution in [2.24, 2.45) is 0 Å². The Balaban J connectivity index is 2.07. The SMILES string of the molecule is [Al][S]c1ccccc1-c1nc2cccnc2n1-c1ccccc1. The van der Waals surface area contributed by atoms with E-state index in [0.29, 0.717) is 0 Å². The van der Waals surface area contributed by atoms with Gasteiger partial charge < -0.3 is 0 Å². The summed E-state index contributed by atoms with van der Waals surface area (Å²) in [4.78, 5) is 10.6. The summed E-state index contributed by atoms with van der Waals surface area (Å²) < 4.78 is 2.12. The van der Waals surface area contributed by atoms with Gasteiger partial charge in [0, 0.05) is 17.4 Å². The van der Waals surface area contributed by atoms with Gasteiger partial charge in [-0.3, -0.25) is 14.7 Å². The van der Waals surface area contributed by atoms with Crippen molar-refractivity contribution in [2.75, 3.05) is 0 Å². The highest BCUT2D eigenvalue weighted by Gasteiger charge is 2.16. The smallest absolute Gasteiger partial charge is 0.241 e. The van der Waals surface area contributed by atoms with E-state index >= 15 is 0 Å². The minimum atomic E-state index is 0.872. The fraction of sp³-hybridized carbons (Fsp3) is 0. The monoisotopic (exact) mass is 329 g/mol. The van der Waals surface area contributed by atoms with Gasteiger partial charge in [-0.15, -0.1) is 0 Å². The molecule has 2 radical (unpaired) electrons. The maximum absolute atomic E-state index is 4.85. The molecule has 0 aliphatic rings. The number of nitrogens with zero attached hydrogens (tertiary/aromatic N) is 3. The molecule has 3 nitrogen and oxygen atoms in total.